The van der Waals surface area contributed by atoms with E-state index in [1.54, 1.807) is 12.0 Å². The van der Waals surface area contributed by atoms with Gasteiger partial charge in [0.1, 0.15) is 17.5 Å². The number of ether oxygens (including phenoxy) is 2. The molecule has 2 amide bonds. The number of methoxy groups -OCH3 is 1. The molecule has 0 heterocycles. The van der Waals surface area contributed by atoms with Crippen LogP contribution in [0.4, 0.5) is 0 Å². The summed E-state index contributed by atoms with van der Waals surface area (Å²) in [6, 6.07) is 28.3. The van der Waals surface area contributed by atoms with E-state index in [9.17, 15) is 9.59 Å². The van der Waals surface area contributed by atoms with Gasteiger partial charge in [0.25, 0.3) is 5.91 Å². The van der Waals surface area contributed by atoms with Crippen molar-refractivity contribution < 1.29 is 19.1 Å². The molecule has 7 heteroatoms. The molecular weight excluding hydrogens is 568 g/mol. The third-order valence-corrected chi connectivity index (χ3v) is 7.76. The SMILES string of the molecule is CCC(C)NC(=O)C(Cc1ccccc1)N(Cc1cccc(OC)c1)C(=O)COc1ccc2ccccc2c1Br. The maximum atomic E-state index is 13.9. The number of halogens is 1. The summed E-state index contributed by atoms with van der Waals surface area (Å²) in [5.74, 6) is 0.770. The fraction of sp³-hybridized carbons (Fsp3) is 0.273. The molecule has 6 nitrogen and oxygen atoms in total. The van der Waals surface area contributed by atoms with Gasteiger partial charge in [-0.15, -0.1) is 0 Å². The van der Waals surface area contributed by atoms with Crippen molar-refractivity contribution in [2.45, 2.75) is 45.3 Å². The number of fused-ring (bicyclic) bond motifs is 1. The van der Waals surface area contributed by atoms with Crippen molar-refractivity contribution in [2.24, 2.45) is 0 Å². The molecule has 4 rings (SSSR count). The van der Waals surface area contributed by atoms with Crippen LogP contribution in [0.25, 0.3) is 10.8 Å². The van der Waals surface area contributed by atoms with E-state index in [1.165, 1.54) is 0 Å². The summed E-state index contributed by atoms with van der Waals surface area (Å²) in [6.07, 6.45) is 1.16. The highest BCUT2D eigenvalue weighted by Gasteiger charge is 2.31. The van der Waals surface area contributed by atoms with E-state index in [2.05, 4.69) is 21.2 Å². The first-order chi connectivity index (χ1) is 19.4. The Labute approximate surface area is 244 Å². The van der Waals surface area contributed by atoms with Crippen molar-refractivity contribution >= 4 is 38.5 Å². The monoisotopic (exact) mass is 602 g/mol. The second kappa shape index (κ2) is 14.0. The minimum atomic E-state index is -0.737. The summed E-state index contributed by atoms with van der Waals surface area (Å²) < 4.78 is 12.3. The number of rotatable bonds is 12. The Hall–Kier alpha value is -3.84. The minimum Gasteiger partial charge on any atom is -0.497 e. The summed E-state index contributed by atoms with van der Waals surface area (Å²) in [6.45, 7) is 3.99. The number of amides is 2. The van der Waals surface area contributed by atoms with Crippen LogP contribution in [0, 0.1) is 0 Å². The molecule has 0 fully saturated rings. The number of carbonyl (C=O) groups is 2. The van der Waals surface area contributed by atoms with Gasteiger partial charge in [-0.2, -0.15) is 0 Å². The van der Waals surface area contributed by atoms with Gasteiger partial charge in [-0.25, -0.2) is 0 Å². The normalized spacial score (nSPS) is 12.4. The molecule has 0 aromatic heterocycles. The number of benzene rings is 4. The summed E-state index contributed by atoms with van der Waals surface area (Å²) in [7, 11) is 1.61. The molecule has 0 radical (unpaired) electrons. The highest BCUT2D eigenvalue weighted by molar-refractivity contribution is 9.10. The van der Waals surface area contributed by atoms with E-state index in [1.807, 2.05) is 105 Å². The van der Waals surface area contributed by atoms with E-state index < -0.39 is 6.04 Å². The van der Waals surface area contributed by atoms with Crippen LogP contribution in [-0.4, -0.2) is 42.5 Å². The lowest BCUT2D eigenvalue weighted by Gasteiger charge is -2.32. The molecule has 4 aromatic rings. The van der Waals surface area contributed by atoms with Crippen molar-refractivity contribution in [3.63, 3.8) is 0 Å². The standard InChI is InChI=1S/C33H35BrN2O4/c1-4-23(2)35-33(38)29(20-24-11-6-5-7-12-24)36(21-25-13-10-15-27(19-25)39-3)31(37)22-40-30-18-17-26-14-8-9-16-28(26)32(30)34/h5-19,23,29H,4,20-22H2,1-3H3,(H,35,38). The summed E-state index contributed by atoms with van der Waals surface area (Å²) in [5.41, 5.74) is 1.82. The molecule has 0 spiro atoms. The summed E-state index contributed by atoms with van der Waals surface area (Å²) >= 11 is 3.64. The van der Waals surface area contributed by atoms with Crippen LogP contribution in [0.15, 0.2) is 95.5 Å². The second-order valence-corrected chi connectivity index (χ2v) is 10.6. The molecule has 0 saturated carbocycles. The van der Waals surface area contributed by atoms with Gasteiger partial charge < -0.3 is 19.7 Å². The predicted molar refractivity (Wildman–Crippen MR) is 163 cm³/mol. The topological polar surface area (TPSA) is 67.9 Å². The number of carbonyl (C=O) groups excluding carboxylic acids is 2. The highest BCUT2D eigenvalue weighted by Crippen LogP contribution is 2.33. The van der Waals surface area contributed by atoms with Gasteiger partial charge in [0.05, 0.1) is 11.6 Å². The Morgan fingerprint density at radius 2 is 1.65 bits per heavy atom. The minimum absolute atomic E-state index is 0.0238. The van der Waals surface area contributed by atoms with Crippen LogP contribution in [-0.2, 0) is 22.6 Å². The maximum Gasteiger partial charge on any atom is 0.261 e. The van der Waals surface area contributed by atoms with Crippen LogP contribution >= 0.6 is 15.9 Å². The van der Waals surface area contributed by atoms with E-state index >= 15 is 0 Å². The van der Waals surface area contributed by atoms with Crippen LogP contribution in [0.3, 0.4) is 0 Å². The number of hydrogen-bond acceptors (Lipinski definition) is 4. The Bertz CT molecular complexity index is 1440. The zero-order valence-electron chi connectivity index (χ0n) is 23.1. The van der Waals surface area contributed by atoms with Crippen LogP contribution in [0.5, 0.6) is 11.5 Å². The molecule has 0 aliphatic heterocycles. The van der Waals surface area contributed by atoms with E-state index in [4.69, 9.17) is 9.47 Å². The Balaban J connectivity index is 1.65. The average Bonchev–Trinajstić information content (AvgIpc) is 2.99. The van der Waals surface area contributed by atoms with Crippen molar-refractivity contribution in [1.82, 2.24) is 10.2 Å². The number of hydrogen-bond donors (Lipinski definition) is 1. The molecule has 0 bridgehead atoms. The van der Waals surface area contributed by atoms with Crippen molar-refractivity contribution in [3.05, 3.63) is 107 Å². The molecule has 1 N–H and O–H groups in total. The first-order valence-electron chi connectivity index (χ1n) is 13.5. The predicted octanol–water partition coefficient (Wildman–Crippen LogP) is 6.54. The maximum absolute atomic E-state index is 13.9. The third kappa shape index (κ3) is 7.42. The molecule has 208 valence electrons. The van der Waals surface area contributed by atoms with E-state index in [-0.39, 0.29) is 31.0 Å². The fourth-order valence-electron chi connectivity index (χ4n) is 4.51. The van der Waals surface area contributed by atoms with Gasteiger partial charge in [-0.05, 0) is 69.4 Å². The molecule has 0 aliphatic carbocycles. The lowest BCUT2D eigenvalue weighted by Crippen LogP contribution is -2.53. The zero-order valence-corrected chi connectivity index (χ0v) is 24.7. The van der Waals surface area contributed by atoms with Gasteiger partial charge in [-0.3, -0.25) is 9.59 Å². The average molecular weight is 604 g/mol. The molecule has 0 aliphatic rings. The van der Waals surface area contributed by atoms with Gasteiger partial charge in [-0.1, -0.05) is 79.7 Å². The second-order valence-electron chi connectivity index (χ2n) is 9.78. The van der Waals surface area contributed by atoms with Crippen LogP contribution in [0.2, 0.25) is 0 Å². The molecular formula is C33H35BrN2O4. The zero-order chi connectivity index (χ0) is 28.5. The third-order valence-electron chi connectivity index (χ3n) is 6.94. The Kier molecular flexibility index (Phi) is 10.2. The van der Waals surface area contributed by atoms with Crippen LogP contribution < -0.4 is 14.8 Å². The Morgan fingerprint density at radius 3 is 2.40 bits per heavy atom. The van der Waals surface area contributed by atoms with Crippen molar-refractivity contribution in [1.29, 1.82) is 0 Å². The number of nitrogens with one attached hydrogen (secondary N) is 1. The molecule has 40 heavy (non-hydrogen) atoms. The summed E-state index contributed by atoms with van der Waals surface area (Å²) in [5, 5.41) is 5.15. The number of nitrogens with zero attached hydrogens (tertiary/aromatic N) is 1. The van der Waals surface area contributed by atoms with E-state index in [0.717, 1.165) is 32.8 Å². The van der Waals surface area contributed by atoms with E-state index in [0.29, 0.717) is 17.9 Å². The first kappa shape index (κ1) is 29.2. The Morgan fingerprint density at radius 1 is 0.925 bits per heavy atom. The molecule has 2 unspecified atom stereocenters. The van der Waals surface area contributed by atoms with Gasteiger partial charge in [0.15, 0.2) is 6.61 Å². The lowest BCUT2D eigenvalue weighted by atomic mass is 10.0. The van der Waals surface area contributed by atoms with Gasteiger partial charge in [0, 0.05) is 19.0 Å². The lowest BCUT2D eigenvalue weighted by molar-refractivity contribution is -0.143. The molecule has 4 aromatic carbocycles. The van der Waals surface area contributed by atoms with Crippen molar-refractivity contribution in [3.8, 4) is 11.5 Å². The molecule has 2 atom stereocenters. The quantitative estimate of drug-likeness (QED) is 0.200. The smallest absolute Gasteiger partial charge is 0.261 e. The highest BCUT2D eigenvalue weighted by atomic mass is 79.9. The fourth-order valence-corrected chi connectivity index (χ4v) is 5.12. The summed E-state index contributed by atoms with van der Waals surface area (Å²) in [4.78, 5) is 29.2. The van der Waals surface area contributed by atoms with Gasteiger partial charge in [0.2, 0.25) is 5.91 Å². The largest absolute Gasteiger partial charge is 0.497 e. The van der Waals surface area contributed by atoms with Gasteiger partial charge >= 0.3 is 0 Å². The van der Waals surface area contributed by atoms with Crippen LogP contribution in [0.1, 0.15) is 31.4 Å². The molecule has 0 saturated heterocycles. The first-order valence-corrected chi connectivity index (χ1v) is 14.3. The van der Waals surface area contributed by atoms with Crippen molar-refractivity contribution in [2.75, 3.05) is 13.7 Å².